The van der Waals surface area contributed by atoms with Gasteiger partial charge in [0.1, 0.15) is 6.04 Å². The van der Waals surface area contributed by atoms with Crippen LogP contribution in [0.15, 0.2) is 53.4 Å². The maximum atomic E-state index is 13.2. The number of hydrogen-bond acceptors (Lipinski definition) is 3. The van der Waals surface area contributed by atoms with Gasteiger partial charge in [-0.15, -0.1) is 11.8 Å². The minimum atomic E-state index is -0.589. The number of thioether (sulfide) groups is 1. The van der Waals surface area contributed by atoms with E-state index in [-0.39, 0.29) is 24.4 Å². The summed E-state index contributed by atoms with van der Waals surface area (Å²) < 4.78 is 0. The van der Waals surface area contributed by atoms with Gasteiger partial charge < -0.3 is 10.2 Å². The first kappa shape index (κ1) is 24.6. The van der Waals surface area contributed by atoms with Gasteiger partial charge >= 0.3 is 0 Å². The molecule has 0 saturated carbocycles. The van der Waals surface area contributed by atoms with Crippen molar-refractivity contribution in [1.29, 1.82) is 0 Å². The Morgan fingerprint density at radius 1 is 1.03 bits per heavy atom. The van der Waals surface area contributed by atoms with Gasteiger partial charge in [0, 0.05) is 45.3 Å². The summed E-state index contributed by atoms with van der Waals surface area (Å²) in [5, 5.41) is 3.89. The fourth-order valence-corrected chi connectivity index (χ4v) is 4.45. The summed E-state index contributed by atoms with van der Waals surface area (Å²) in [5.41, 5.74) is 0.653. The zero-order valence-electron chi connectivity index (χ0n) is 17.5. The first-order valence-electron chi connectivity index (χ1n) is 10.0. The highest BCUT2D eigenvalue weighted by molar-refractivity contribution is 7.99. The molecule has 0 aliphatic rings. The van der Waals surface area contributed by atoms with Crippen LogP contribution >= 0.6 is 35.0 Å². The molecule has 1 atom stereocenters. The molecule has 0 saturated heterocycles. The molecule has 0 heterocycles. The fraction of sp³-hybridized carbons (Fsp3) is 0.391. The monoisotopic (exact) mass is 466 g/mol. The van der Waals surface area contributed by atoms with Crippen LogP contribution < -0.4 is 5.32 Å². The molecule has 0 aliphatic carbocycles. The maximum Gasteiger partial charge on any atom is 0.243 e. The number of carbonyl (C=O) groups is 2. The van der Waals surface area contributed by atoms with Gasteiger partial charge in [0.05, 0.1) is 0 Å². The molecule has 2 amide bonds. The van der Waals surface area contributed by atoms with Crippen LogP contribution in [0.5, 0.6) is 0 Å². The fourth-order valence-electron chi connectivity index (χ4n) is 3.07. The quantitative estimate of drug-likeness (QED) is 0.449. The third kappa shape index (κ3) is 7.22. The van der Waals surface area contributed by atoms with E-state index in [4.69, 9.17) is 23.2 Å². The van der Waals surface area contributed by atoms with E-state index in [0.717, 1.165) is 4.90 Å². The molecule has 4 nitrogen and oxygen atoms in total. The molecule has 0 radical (unpaired) electrons. The summed E-state index contributed by atoms with van der Waals surface area (Å²) in [7, 11) is 0. The molecule has 0 spiro atoms. The van der Waals surface area contributed by atoms with Crippen LogP contribution in [-0.2, 0) is 16.1 Å². The second-order valence-corrected chi connectivity index (χ2v) is 9.20. The van der Waals surface area contributed by atoms with Crippen molar-refractivity contribution in [3.05, 3.63) is 64.1 Å². The second kappa shape index (κ2) is 12.2. The van der Waals surface area contributed by atoms with Crippen LogP contribution in [0, 0.1) is 0 Å². The summed E-state index contributed by atoms with van der Waals surface area (Å²) in [4.78, 5) is 28.7. The van der Waals surface area contributed by atoms with Crippen molar-refractivity contribution < 1.29 is 9.59 Å². The van der Waals surface area contributed by atoms with Crippen LogP contribution in [0.2, 0.25) is 10.0 Å². The summed E-state index contributed by atoms with van der Waals surface area (Å²) in [6.45, 7) is 5.89. The molecular weight excluding hydrogens is 439 g/mol. The summed E-state index contributed by atoms with van der Waals surface area (Å²) >= 11 is 14.3. The lowest BCUT2D eigenvalue weighted by Gasteiger charge is -2.31. The first-order valence-corrected chi connectivity index (χ1v) is 11.8. The van der Waals surface area contributed by atoms with E-state index in [1.165, 1.54) is 0 Å². The standard InChI is InChI=1S/C23H28Cl2N2O2S/c1-4-21(23(29)26-16(2)3)27(15-18-19(24)11-8-12-20(18)25)22(28)13-14-30-17-9-6-5-7-10-17/h5-12,16,21H,4,13-15H2,1-3H3,(H,26,29)/t21-/m0/s1. The highest BCUT2D eigenvalue weighted by Gasteiger charge is 2.29. The lowest BCUT2D eigenvalue weighted by Crippen LogP contribution is -2.50. The molecule has 30 heavy (non-hydrogen) atoms. The molecular formula is C23H28Cl2N2O2S. The molecule has 1 N–H and O–H groups in total. The molecule has 0 unspecified atom stereocenters. The van der Waals surface area contributed by atoms with Crippen molar-refractivity contribution in [3.63, 3.8) is 0 Å². The Kier molecular flexibility index (Phi) is 10.0. The van der Waals surface area contributed by atoms with Crippen molar-refractivity contribution >= 4 is 46.8 Å². The Morgan fingerprint density at radius 3 is 2.23 bits per heavy atom. The third-order valence-corrected chi connectivity index (χ3v) is 6.26. The minimum Gasteiger partial charge on any atom is -0.352 e. The largest absolute Gasteiger partial charge is 0.352 e. The summed E-state index contributed by atoms with van der Waals surface area (Å²) in [6, 6.07) is 14.6. The molecule has 0 fully saturated rings. The number of halogens is 2. The second-order valence-electron chi connectivity index (χ2n) is 7.22. The van der Waals surface area contributed by atoms with Crippen LogP contribution in [0.25, 0.3) is 0 Å². The van der Waals surface area contributed by atoms with Crippen LogP contribution in [0.1, 0.15) is 39.2 Å². The zero-order valence-corrected chi connectivity index (χ0v) is 19.9. The Balaban J connectivity index is 2.20. The van der Waals surface area contributed by atoms with Gasteiger partial charge in [0.2, 0.25) is 11.8 Å². The maximum absolute atomic E-state index is 13.2. The van der Waals surface area contributed by atoms with Crippen LogP contribution in [-0.4, -0.2) is 34.6 Å². The topological polar surface area (TPSA) is 49.4 Å². The normalized spacial score (nSPS) is 11.9. The molecule has 0 aromatic heterocycles. The molecule has 7 heteroatoms. The number of hydrogen-bond donors (Lipinski definition) is 1. The number of carbonyl (C=O) groups excluding carboxylic acids is 2. The van der Waals surface area contributed by atoms with Gasteiger partial charge in [-0.25, -0.2) is 0 Å². The smallest absolute Gasteiger partial charge is 0.243 e. The number of rotatable bonds is 10. The van der Waals surface area contributed by atoms with Gasteiger partial charge in [-0.2, -0.15) is 0 Å². The van der Waals surface area contributed by atoms with Crippen molar-refractivity contribution in [2.75, 3.05) is 5.75 Å². The highest BCUT2D eigenvalue weighted by atomic mass is 35.5. The Labute approximate surface area is 193 Å². The van der Waals surface area contributed by atoms with E-state index in [0.29, 0.717) is 34.2 Å². The Morgan fingerprint density at radius 2 is 1.67 bits per heavy atom. The van der Waals surface area contributed by atoms with Gasteiger partial charge in [-0.05, 0) is 44.5 Å². The lowest BCUT2D eigenvalue weighted by atomic mass is 10.1. The van der Waals surface area contributed by atoms with Gasteiger partial charge in [-0.1, -0.05) is 54.4 Å². The molecule has 0 bridgehead atoms. The average Bonchev–Trinajstić information content (AvgIpc) is 2.70. The summed E-state index contributed by atoms with van der Waals surface area (Å²) in [6.07, 6.45) is 0.811. The predicted octanol–water partition coefficient (Wildman–Crippen LogP) is 5.81. The van der Waals surface area contributed by atoms with E-state index in [1.807, 2.05) is 51.1 Å². The van der Waals surface area contributed by atoms with E-state index < -0.39 is 6.04 Å². The third-order valence-electron chi connectivity index (χ3n) is 4.53. The average molecular weight is 467 g/mol. The van der Waals surface area contributed by atoms with Crippen LogP contribution in [0.4, 0.5) is 0 Å². The molecule has 2 rings (SSSR count). The molecule has 0 aliphatic heterocycles. The summed E-state index contributed by atoms with van der Waals surface area (Å²) in [5.74, 6) is 0.359. The van der Waals surface area contributed by atoms with Gasteiger partial charge in [-0.3, -0.25) is 9.59 Å². The number of nitrogens with one attached hydrogen (secondary N) is 1. The number of amides is 2. The molecule has 2 aromatic rings. The van der Waals surface area contributed by atoms with E-state index in [1.54, 1.807) is 34.9 Å². The van der Waals surface area contributed by atoms with E-state index >= 15 is 0 Å². The first-order chi connectivity index (χ1) is 14.3. The SMILES string of the molecule is CC[C@@H](C(=O)NC(C)C)N(Cc1c(Cl)cccc1Cl)C(=O)CCSc1ccccc1. The number of nitrogens with zero attached hydrogens (tertiary/aromatic N) is 1. The van der Waals surface area contributed by atoms with E-state index in [2.05, 4.69) is 5.32 Å². The van der Waals surface area contributed by atoms with Gasteiger partial charge in [0.15, 0.2) is 0 Å². The van der Waals surface area contributed by atoms with Crippen molar-refractivity contribution in [2.24, 2.45) is 0 Å². The van der Waals surface area contributed by atoms with Gasteiger partial charge in [0.25, 0.3) is 0 Å². The molecule has 162 valence electrons. The lowest BCUT2D eigenvalue weighted by molar-refractivity contribution is -0.141. The Bertz CT molecular complexity index is 826. The zero-order chi connectivity index (χ0) is 22.1. The number of benzene rings is 2. The minimum absolute atomic E-state index is 0.0129. The Hall–Kier alpha value is -1.69. The molecule has 2 aromatic carbocycles. The van der Waals surface area contributed by atoms with Crippen molar-refractivity contribution in [3.8, 4) is 0 Å². The van der Waals surface area contributed by atoms with Crippen molar-refractivity contribution in [2.45, 2.75) is 57.1 Å². The van der Waals surface area contributed by atoms with Crippen LogP contribution in [0.3, 0.4) is 0 Å². The highest BCUT2D eigenvalue weighted by Crippen LogP contribution is 2.27. The predicted molar refractivity (Wildman–Crippen MR) is 126 cm³/mol. The van der Waals surface area contributed by atoms with Crippen molar-refractivity contribution in [1.82, 2.24) is 10.2 Å². The van der Waals surface area contributed by atoms with E-state index in [9.17, 15) is 9.59 Å².